The minimum Gasteiger partial charge on any atom is -0.492 e. The topological polar surface area (TPSA) is 101 Å². The average Bonchev–Trinajstić information content (AvgIpc) is 2.79. The van der Waals surface area contributed by atoms with Crippen LogP contribution in [0.15, 0.2) is 36.4 Å². The molecule has 1 aromatic carbocycles. The first kappa shape index (κ1) is 17.3. The van der Waals surface area contributed by atoms with Gasteiger partial charge in [0.1, 0.15) is 0 Å². The third-order valence-corrected chi connectivity index (χ3v) is 3.12. The number of rotatable bonds is 3. The molecular weight excluding hydrogens is 371 g/mol. The quantitative estimate of drug-likeness (QED) is 0.711. The van der Waals surface area contributed by atoms with Crippen LogP contribution in [0, 0.1) is 0 Å². The Balaban J connectivity index is 2.07. The van der Waals surface area contributed by atoms with Crippen molar-refractivity contribution >= 4 is 52.4 Å². The van der Waals surface area contributed by atoms with E-state index in [2.05, 4.69) is 5.32 Å². The lowest BCUT2D eigenvalue weighted by atomic mass is 10.2. The fourth-order valence-electron chi connectivity index (χ4n) is 1.52. The number of benzene rings is 1. The maximum atomic E-state index is 11.9. The number of carbonyl (C=O) groups excluding carboxylic acids is 2. The molecule has 1 amide bonds. The zero-order valence-corrected chi connectivity index (χ0v) is 13.4. The van der Waals surface area contributed by atoms with Crippen LogP contribution in [-0.2, 0) is 4.79 Å². The van der Waals surface area contributed by atoms with Gasteiger partial charge >= 0.3 is 5.97 Å². The van der Waals surface area contributed by atoms with Gasteiger partial charge in [-0.3, -0.25) is 4.79 Å². The van der Waals surface area contributed by atoms with Crippen molar-refractivity contribution in [1.29, 1.82) is 0 Å². The minimum atomic E-state index is -2.11. The number of nitrogens with zero attached hydrogens (tertiary/aromatic N) is 1. The van der Waals surface area contributed by atoms with Crippen molar-refractivity contribution in [3.05, 3.63) is 42.0 Å². The maximum absolute atomic E-state index is 11.9. The van der Waals surface area contributed by atoms with E-state index in [4.69, 9.17) is 39.6 Å². The summed E-state index contributed by atoms with van der Waals surface area (Å²) in [6, 6.07) is 7.76. The first-order chi connectivity index (χ1) is 10.7. The molecule has 1 heterocycles. The number of halogens is 3. The van der Waals surface area contributed by atoms with E-state index in [1.165, 1.54) is 24.3 Å². The summed E-state index contributed by atoms with van der Waals surface area (Å²) in [5.74, 6) is -2.57. The Bertz CT molecular complexity index is 718. The molecule has 10 heteroatoms. The molecule has 7 nitrogen and oxygen atoms in total. The summed E-state index contributed by atoms with van der Waals surface area (Å²) in [5.41, 5.74) is 0.397. The zero-order valence-electron chi connectivity index (χ0n) is 11.2. The summed E-state index contributed by atoms with van der Waals surface area (Å²) in [6.45, 7) is 0. The largest absolute Gasteiger partial charge is 0.492 e. The van der Waals surface area contributed by atoms with E-state index >= 15 is 0 Å². The molecular formula is C13H9Cl3N2O5. The highest BCUT2D eigenvalue weighted by molar-refractivity contribution is 6.76. The Kier molecular flexibility index (Phi) is 4.93. The highest BCUT2D eigenvalue weighted by atomic mass is 35.6. The summed E-state index contributed by atoms with van der Waals surface area (Å²) in [6.07, 6.45) is 0. The molecule has 2 rings (SSSR count). The van der Waals surface area contributed by atoms with Crippen molar-refractivity contribution < 1.29 is 24.6 Å². The van der Waals surface area contributed by atoms with Crippen LogP contribution in [0.1, 0.15) is 10.4 Å². The van der Waals surface area contributed by atoms with Gasteiger partial charge < -0.3 is 20.4 Å². The molecule has 0 unspecified atom stereocenters. The van der Waals surface area contributed by atoms with Gasteiger partial charge in [0, 0.05) is 17.8 Å². The molecule has 0 aliphatic heterocycles. The van der Waals surface area contributed by atoms with E-state index in [9.17, 15) is 19.8 Å². The van der Waals surface area contributed by atoms with Crippen LogP contribution in [0.25, 0.3) is 0 Å². The minimum absolute atomic E-state index is 0.101. The Hall–Kier alpha value is -2.09. The predicted molar refractivity (Wildman–Crippen MR) is 84.0 cm³/mol. The summed E-state index contributed by atoms with van der Waals surface area (Å²) in [4.78, 5) is 28.2. The summed E-state index contributed by atoms with van der Waals surface area (Å²) in [5, 5.41) is 21.1. The van der Waals surface area contributed by atoms with Gasteiger partial charge in [0.05, 0.1) is 5.56 Å². The number of hydrogen-bond donors (Lipinski definition) is 3. The van der Waals surface area contributed by atoms with E-state index in [0.717, 1.165) is 12.1 Å². The smallest absolute Gasteiger partial charge is 0.363 e. The van der Waals surface area contributed by atoms with Gasteiger partial charge in [-0.25, -0.2) is 4.79 Å². The third-order valence-electron chi connectivity index (χ3n) is 2.61. The molecule has 0 saturated carbocycles. The number of aromatic nitrogens is 1. The van der Waals surface area contributed by atoms with E-state index in [1.54, 1.807) is 0 Å². The first-order valence-corrected chi connectivity index (χ1v) is 7.12. The summed E-state index contributed by atoms with van der Waals surface area (Å²) in [7, 11) is 0. The van der Waals surface area contributed by atoms with Gasteiger partial charge in [-0.15, -0.1) is 4.73 Å². The Labute approximate surface area is 144 Å². The highest BCUT2D eigenvalue weighted by Gasteiger charge is 2.30. The molecule has 0 radical (unpaired) electrons. The Morgan fingerprint density at radius 2 is 1.52 bits per heavy atom. The molecule has 0 atom stereocenters. The molecule has 2 aromatic rings. The van der Waals surface area contributed by atoms with Crippen molar-refractivity contribution in [2.24, 2.45) is 0 Å². The SMILES string of the molecule is O=C(On1c(O)ccc1O)c1ccc(NC(=O)C(Cl)(Cl)Cl)cc1. The number of nitrogens with one attached hydrogen (secondary N) is 1. The van der Waals surface area contributed by atoms with Gasteiger partial charge in [-0.2, -0.15) is 0 Å². The lowest BCUT2D eigenvalue weighted by Gasteiger charge is -2.11. The molecule has 0 saturated heterocycles. The average molecular weight is 380 g/mol. The van der Waals surface area contributed by atoms with Gasteiger partial charge in [0.2, 0.25) is 11.8 Å². The second-order valence-electron chi connectivity index (χ2n) is 4.25. The van der Waals surface area contributed by atoms with Gasteiger partial charge in [-0.05, 0) is 24.3 Å². The number of alkyl halides is 3. The van der Waals surface area contributed by atoms with Crippen LogP contribution in [0.4, 0.5) is 5.69 Å². The normalized spacial score (nSPS) is 11.1. The third kappa shape index (κ3) is 4.22. The highest BCUT2D eigenvalue weighted by Crippen LogP contribution is 2.27. The number of carbonyl (C=O) groups is 2. The van der Waals surface area contributed by atoms with E-state index in [0.29, 0.717) is 10.4 Å². The van der Waals surface area contributed by atoms with E-state index < -0.39 is 27.4 Å². The molecule has 3 N–H and O–H groups in total. The molecule has 1 aromatic heterocycles. The van der Waals surface area contributed by atoms with Crippen LogP contribution >= 0.6 is 34.8 Å². The van der Waals surface area contributed by atoms with Crippen molar-refractivity contribution in [3.8, 4) is 11.8 Å². The second kappa shape index (κ2) is 6.57. The fourth-order valence-corrected chi connectivity index (χ4v) is 1.66. The predicted octanol–water partition coefficient (Wildman–Crippen LogP) is 2.48. The Morgan fingerprint density at radius 1 is 1.00 bits per heavy atom. The molecule has 0 fully saturated rings. The van der Waals surface area contributed by atoms with E-state index in [1.807, 2.05) is 0 Å². The van der Waals surface area contributed by atoms with Crippen molar-refractivity contribution in [3.63, 3.8) is 0 Å². The molecule has 0 bridgehead atoms. The molecule has 0 aliphatic rings. The van der Waals surface area contributed by atoms with E-state index in [-0.39, 0.29) is 5.56 Å². The molecule has 0 spiro atoms. The zero-order chi connectivity index (χ0) is 17.2. The number of hydrogen-bond acceptors (Lipinski definition) is 5. The first-order valence-electron chi connectivity index (χ1n) is 5.99. The summed E-state index contributed by atoms with van der Waals surface area (Å²) >= 11 is 16.3. The van der Waals surface area contributed by atoms with Gasteiger partial charge in [-0.1, -0.05) is 34.8 Å². The molecule has 0 aliphatic carbocycles. The van der Waals surface area contributed by atoms with Gasteiger partial charge in [0.15, 0.2) is 0 Å². The number of aromatic hydroxyl groups is 2. The number of anilines is 1. The summed E-state index contributed by atoms with van der Waals surface area (Å²) < 4.78 is -1.55. The molecule has 122 valence electrons. The molecule has 23 heavy (non-hydrogen) atoms. The van der Waals surface area contributed by atoms with Gasteiger partial charge in [0.25, 0.3) is 9.70 Å². The lowest BCUT2D eigenvalue weighted by Crippen LogP contribution is -2.27. The van der Waals surface area contributed by atoms with Crippen LogP contribution in [0.5, 0.6) is 11.8 Å². The number of amides is 1. The Morgan fingerprint density at radius 3 is 2.00 bits per heavy atom. The van der Waals surface area contributed by atoms with Crippen LogP contribution in [0.3, 0.4) is 0 Å². The van der Waals surface area contributed by atoms with Crippen molar-refractivity contribution in [2.75, 3.05) is 5.32 Å². The van der Waals surface area contributed by atoms with Crippen molar-refractivity contribution in [1.82, 2.24) is 4.73 Å². The second-order valence-corrected chi connectivity index (χ2v) is 6.53. The van der Waals surface area contributed by atoms with Crippen LogP contribution in [0.2, 0.25) is 0 Å². The maximum Gasteiger partial charge on any atom is 0.363 e. The van der Waals surface area contributed by atoms with Crippen LogP contribution < -0.4 is 10.2 Å². The monoisotopic (exact) mass is 378 g/mol. The standard InChI is InChI=1S/C13H9Cl3N2O5/c14-13(15,16)12(22)17-8-3-1-7(2-4-8)11(21)23-18-9(19)5-6-10(18)20/h1-6,19-20H,(H,17,22). The van der Waals surface area contributed by atoms with Crippen LogP contribution in [-0.4, -0.2) is 30.6 Å². The lowest BCUT2D eigenvalue weighted by molar-refractivity contribution is -0.115. The van der Waals surface area contributed by atoms with Crippen molar-refractivity contribution in [2.45, 2.75) is 3.79 Å². The fraction of sp³-hybridized carbons (Fsp3) is 0.0769.